The first-order valence-electron chi connectivity index (χ1n) is 8.09. The Kier molecular flexibility index (Phi) is 7.46. The molecule has 23 heavy (non-hydrogen) atoms. The van der Waals surface area contributed by atoms with Crippen molar-refractivity contribution in [2.45, 2.75) is 53.6 Å². The van der Waals surface area contributed by atoms with E-state index < -0.39 is 7.60 Å². The highest BCUT2D eigenvalue weighted by Gasteiger charge is 2.33. The van der Waals surface area contributed by atoms with Gasteiger partial charge in [0.05, 0.1) is 24.1 Å². The summed E-state index contributed by atoms with van der Waals surface area (Å²) in [4.78, 5) is 14.8. The molecule has 0 unspecified atom stereocenters. The van der Waals surface area contributed by atoms with E-state index >= 15 is 0 Å². The summed E-state index contributed by atoms with van der Waals surface area (Å²) < 4.78 is 23.9. The second-order valence-electron chi connectivity index (χ2n) is 5.75. The summed E-state index contributed by atoms with van der Waals surface area (Å²) >= 11 is 0. The van der Waals surface area contributed by atoms with Gasteiger partial charge in [0.15, 0.2) is 0 Å². The van der Waals surface area contributed by atoms with Crippen molar-refractivity contribution in [3.63, 3.8) is 0 Å². The lowest BCUT2D eigenvalue weighted by Gasteiger charge is -2.32. The Morgan fingerprint density at radius 3 is 1.96 bits per heavy atom. The molecule has 0 aliphatic carbocycles. The van der Waals surface area contributed by atoms with Gasteiger partial charge < -0.3 is 13.9 Å². The molecule has 0 N–H and O–H groups in total. The first-order chi connectivity index (χ1) is 10.8. The molecule has 0 radical (unpaired) electrons. The summed E-state index contributed by atoms with van der Waals surface area (Å²) in [5.41, 5.74) is 0.375. The van der Waals surface area contributed by atoms with E-state index in [-0.39, 0.29) is 31.2 Å². The van der Waals surface area contributed by atoms with Gasteiger partial charge in [0.2, 0.25) is 0 Å². The molecule has 0 heterocycles. The molecule has 1 rings (SSSR count). The van der Waals surface area contributed by atoms with Crippen LogP contribution in [0.25, 0.3) is 0 Å². The Bertz CT molecular complexity index is 553. The SMILES string of the molecule is CCOP(=O)(OCC)c1ccccc1C(=O)N(C(C)C)C(C)C. The largest absolute Gasteiger partial charge is 0.362 e. The van der Waals surface area contributed by atoms with Gasteiger partial charge in [-0.25, -0.2) is 0 Å². The van der Waals surface area contributed by atoms with Crippen LogP contribution in [0.3, 0.4) is 0 Å². The summed E-state index contributed by atoms with van der Waals surface area (Å²) in [5.74, 6) is -0.162. The van der Waals surface area contributed by atoms with Crippen LogP contribution in [-0.4, -0.2) is 36.1 Å². The molecule has 5 nitrogen and oxygen atoms in total. The average molecular weight is 341 g/mol. The monoisotopic (exact) mass is 341 g/mol. The van der Waals surface area contributed by atoms with Gasteiger partial charge in [-0.1, -0.05) is 12.1 Å². The third kappa shape index (κ3) is 4.66. The van der Waals surface area contributed by atoms with E-state index in [0.717, 1.165) is 0 Å². The molecule has 6 heteroatoms. The quantitative estimate of drug-likeness (QED) is 0.674. The Morgan fingerprint density at radius 1 is 1.04 bits per heavy atom. The van der Waals surface area contributed by atoms with E-state index in [1.807, 2.05) is 27.7 Å². The highest BCUT2D eigenvalue weighted by atomic mass is 31.2. The zero-order chi connectivity index (χ0) is 17.6. The maximum atomic E-state index is 13.1. The second-order valence-corrected chi connectivity index (χ2v) is 7.74. The minimum atomic E-state index is -3.51. The Labute approximate surface area is 139 Å². The van der Waals surface area contributed by atoms with E-state index in [0.29, 0.717) is 10.9 Å². The molecule has 0 aliphatic rings. The predicted molar refractivity (Wildman–Crippen MR) is 93.4 cm³/mol. The van der Waals surface area contributed by atoms with Crippen molar-refractivity contribution in [1.82, 2.24) is 4.90 Å². The van der Waals surface area contributed by atoms with Gasteiger partial charge >= 0.3 is 7.60 Å². The molecule has 0 bridgehead atoms. The van der Waals surface area contributed by atoms with E-state index in [9.17, 15) is 9.36 Å². The number of carbonyl (C=O) groups excluding carboxylic acids is 1. The average Bonchev–Trinajstić information content (AvgIpc) is 2.47. The molecule has 0 saturated heterocycles. The van der Waals surface area contributed by atoms with Crippen molar-refractivity contribution in [3.8, 4) is 0 Å². The molecule has 0 atom stereocenters. The van der Waals surface area contributed by atoms with Crippen LogP contribution in [0.2, 0.25) is 0 Å². The zero-order valence-corrected chi connectivity index (χ0v) is 15.8. The van der Waals surface area contributed by atoms with E-state index in [4.69, 9.17) is 9.05 Å². The highest BCUT2D eigenvalue weighted by molar-refractivity contribution is 7.62. The van der Waals surface area contributed by atoms with Gasteiger partial charge in [-0.2, -0.15) is 0 Å². The summed E-state index contributed by atoms with van der Waals surface area (Å²) in [7, 11) is -3.51. The molecule has 0 aliphatic heterocycles. The molecule has 0 saturated carbocycles. The standard InChI is InChI=1S/C17H28NO4P/c1-7-21-23(20,22-8-2)16-12-10-9-11-15(16)17(19)18(13(3)4)14(5)6/h9-14H,7-8H2,1-6H3. The number of hydrogen-bond acceptors (Lipinski definition) is 4. The maximum Gasteiger partial charge on any atom is 0.362 e. The van der Waals surface area contributed by atoms with Crippen LogP contribution in [-0.2, 0) is 13.6 Å². The van der Waals surface area contributed by atoms with Crippen LogP contribution in [0.4, 0.5) is 0 Å². The van der Waals surface area contributed by atoms with E-state index in [1.54, 1.807) is 43.0 Å². The van der Waals surface area contributed by atoms with E-state index in [1.165, 1.54) is 0 Å². The summed E-state index contributed by atoms with van der Waals surface area (Å²) in [5, 5.41) is 0.333. The van der Waals surface area contributed by atoms with Crippen LogP contribution < -0.4 is 5.30 Å². The van der Waals surface area contributed by atoms with Gasteiger partial charge in [-0.3, -0.25) is 9.36 Å². The van der Waals surface area contributed by atoms with Crippen molar-refractivity contribution >= 4 is 18.8 Å². The number of nitrogens with zero attached hydrogens (tertiary/aromatic N) is 1. The molecular formula is C17H28NO4P. The fourth-order valence-corrected chi connectivity index (χ4v) is 4.38. The van der Waals surface area contributed by atoms with Gasteiger partial charge in [0.1, 0.15) is 0 Å². The number of benzene rings is 1. The Morgan fingerprint density at radius 2 is 1.52 bits per heavy atom. The molecule has 1 amide bonds. The normalized spacial score (nSPS) is 12.0. The topological polar surface area (TPSA) is 55.8 Å². The minimum absolute atomic E-state index is 0.0362. The predicted octanol–water partition coefficient (Wildman–Crippen LogP) is 3.84. The minimum Gasteiger partial charge on any atom is -0.334 e. The molecule has 130 valence electrons. The molecular weight excluding hydrogens is 313 g/mol. The maximum absolute atomic E-state index is 13.1. The van der Waals surface area contributed by atoms with Gasteiger partial charge in [-0.15, -0.1) is 0 Å². The van der Waals surface area contributed by atoms with Crippen LogP contribution in [0.5, 0.6) is 0 Å². The second kappa shape index (κ2) is 8.62. The Balaban J connectivity index is 3.39. The lowest BCUT2D eigenvalue weighted by molar-refractivity contribution is 0.0644. The number of rotatable bonds is 8. The fraction of sp³-hybridized carbons (Fsp3) is 0.588. The van der Waals surface area contributed by atoms with Crippen molar-refractivity contribution in [2.24, 2.45) is 0 Å². The molecule has 1 aromatic carbocycles. The lowest BCUT2D eigenvalue weighted by Crippen LogP contribution is -2.43. The van der Waals surface area contributed by atoms with Crippen molar-refractivity contribution in [2.75, 3.05) is 13.2 Å². The number of hydrogen-bond donors (Lipinski definition) is 0. The molecule has 0 fully saturated rings. The first-order valence-corrected chi connectivity index (χ1v) is 9.64. The van der Waals surface area contributed by atoms with Gasteiger partial charge in [0.25, 0.3) is 5.91 Å². The lowest BCUT2D eigenvalue weighted by atomic mass is 10.1. The van der Waals surface area contributed by atoms with Gasteiger partial charge in [-0.05, 0) is 53.7 Å². The Hall–Kier alpha value is -1.16. The first kappa shape index (κ1) is 19.9. The third-order valence-electron chi connectivity index (χ3n) is 3.37. The molecule has 0 spiro atoms. The number of amides is 1. The summed E-state index contributed by atoms with van der Waals surface area (Å²) in [6.45, 7) is 11.9. The summed E-state index contributed by atoms with van der Waals surface area (Å²) in [6.07, 6.45) is 0. The van der Waals surface area contributed by atoms with Crippen LogP contribution in [0, 0.1) is 0 Å². The van der Waals surface area contributed by atoms with Crippen molar-refractivity contribution in [1.29, 1.82) is 0 Å². The van der Waals surface area contributed by atoms with Crippen LogP contribution in [0.1, 0.15) is 51.9 Å². The van der Waals surface area contributed by atoms with E-state index in [2.05, 4.69) is 0 Å². The fourth-order valence-electron chi connectivity index (χ4n) is 2.61. The zero-order valence-electron chi connectivity index (χ0n) is 14.9. The molecule has 0 aromatic heterocycles. The van der Waals surface area contributed by atoms with Gasteiger partial charge in [0, 0.05) is 12.1 Å². The molecule has 1 aromatic rings. The smallest absolute Gasteiger partial charge is 0.334 e. The van der Waals surface area contributed by atoms with Crippen molar-refractivity contribution in [3.05, 3.63) is 29.8 Å². The summed E-state index contributed by atoms with van der Waals surface area (Å²) in [6, 6.07) is 6.91. The van der Waals surface area contributed by atoms with Crippen molar-refractivity contribution < 1.29 is 18.4 Å². The number of carbonyl (C=O) groups is 1. The highest BCUT2D eigenvalue weighted by Crippen LogP contribution is 2.47. The van der Waals surface area contributed by atoms with Crippen LogP contribution >= 0.6 is 7.60 Å². The third-order valence-corrected chi connectivity index (χ3v) is 5.55. The van der Waals surface area contributed by atoms with Crippen LogP contribution in [0.15, 0.2) is 24.3 Å².